The smallest absolute Gasteiger partial charge is 0.341 e. The van der Waals surface area contributed by atoms with Gasteiger partial charge in [0.2, 0.25) is 0 Å². The normalized spacial score (nSPS) is 25.9. The molecule has 0 aliphatic carbocycles. The molecule has 1 aromatic carbocycles. The number of aliphatic carboxylic acids is 1. The maximum atomic E-state index is 10.7. The van der Waals surface area contributed by atoms with E-state index in [0.717, 1.165) is 32.5 Å². The van der Waals surface area contributed by atoms with Gasteiger partial charge in [0.25, 0.3) is 0 Å². The van der Waals surface area contributed by atoms with Gasteiger partial charge in [-0.15, -0.1) is 0 Å². The molecule has 0 spiro atoms. The Kier molecular flexibility index (Phi) is 8.16. The van der Waals surface area contributed by atoms with Gasteiger partial charge in [0, 0.05) is 12.5 Å². The van der Waals surface area contributed by atoms with Crippen LogP contribution in [0.3, 0.4) is 0 Å². The van der Waals surface area contributed by atoms with E-state index in [1.165, 1.54) is 37.7 Å². The highest BCUT2D eigenvalue weighted by molar-refractivity contribution is 5.68. The first-order chi connectivity index (χ1) is 13.7. The van der Waals surface area contributed by atoms with Gasteiger partial charge in [-0.1, -0.05) is 38.3 Å². The van der Waals surface area contributed by atoms with Crippen LogP contribution in [0.1, 0.15) is 57.4 Å². The molecule has 0 amide bonds. The van der Waals surface area contributed by atoms with Crippen LogP contribution in [0, 0.1) is 11.8 Å². The zero-order valence-corrected chi connectivity index (χ0v) is 17.0. The van der Waals surface area contributed by atoms with Crippen LogP contribution in [0.5, 0.6) is 5.75 Å². The molecular formula is C23H34O5. The van der Waals surface area contributed by atoms with Crippen molar-refractivity contribution in [2.24, 2.45) is 11.8 Å². The van der Waals surface area contributed by atoms with Crippen LogP contribution in [0.15, 0.2) is 24.3 Å². The first-order valence-corrected chi connectivity index (χ1v) is 10.8. The first-order valence-electron chi connectivity index (χ1n) is 10.8. The van der Waals surface area contributed by atoms with Gasteiger partial charge in [-0.25, -0.2) is 4.79 Å². The fourth-order valence-corrected chi connectivity index (χ4v) is 4.62. The fraction of sp³-hybridized carbons (Fsp3) is 0.696. The van der Waals surface area contributed by atoms with Crippen molar-refractivity contribution >= 4 is 5.97 Å². The quantitative estimate of drug-likeness (QED) is 0.503. The molecule has 3 rings (SSSR count). The lowest BCUT2D eigenvalue weighted by atomic mass is 9.77. The number of carbonyl (C=O) groups is 1. The maximum Gasteiger partial charge on any atom is 0.341 e. The van der Waals surface area contributed by atoms with E-state index in [1.54, 1.807) is 0 Å². The zero-order chi connectivity index (χ0) is 19.8. The molecule has 156 valence electrons. The molecule has 2 bridgehead atoms. The molecule has 0 radical (unpaired) electrons. The maximum absolute atomic E-state index is 10.7. The average Bonchev–Trinajstić information content (AvgIpc) is 3.29. The Hall–Kier alpha value is -1.59. The second-order valence-corrected chi connectivity index (χ2v) is 8.12. The highest BCUT2D eigenvalue weighted by Gasteiger charge is 2.48. The van der Waals surface area contributed by atoms with Crippen LogP contribution in [-0.4, -0.2) is 43.1 Å². The van der Waals surface area contributed by atoms with Crippen molar-refractivity contribution < 1.29 is 24.1 Å². The van der Waals surface area contributed by atoms with Gasteiger partial charge in [-0.3, -0.25) is 0 Å². The Morgan fingerprint density at radius 1 is 1.18 bits per heavy atom. The van der Waals surface area contributed by atoms with Crippen LogP contribution >= 0.6 is 0 Å². The van der Waals surface area contributed by atoms with Crippen LogP contribution in [-0.2, 0) is 20.7 Å². The van der Waals surface area contributed by atoms with Crippen molar-refractivity contribution in [1.29, 1.82) is 0 Å². The molecule has 5 nitrogen and oxygen atoms in total. The van der Waals surface area contributed by atoms with E-state index in [-0.39, 0.29) is 6.61 Å². The molecular weight excluding hydrogens is 356 g/mol. The SMILES string of the molecule is CCCCCCOC[C@@H]1[C@H](CCc2cccc(OCC(=O)O)c2)[C@@H]2CC[C@H]1O2. The van der Waals surface area contributed by atoms with Gasteiger partial charge in [-0.2, -0.15) is 0 Å². The van der Waals surface area contributed by atoms with Crippen molar-refractivity contribution in [2.75, 3.05) is 19.8 Å². The molecule has 1 N–H and O–H groups in total. The van der Waals surface area contributed by atoms with Crippen molar-refractivity contribution in [1.82, 2.24) is 0 Å². The summed E-state index contributed by atoms with van der Waals surface area (Å²) in [7, 11) is 0. The number of ether oxygens (including phenoxy) is 3. The van der Waals surface area contributed by atoms with Gasteiger partial charge >= 0.3 is 5.97 Å². The predicted molar refractivity (Wildman–Crippen MR) is 108 cm³/mol. The third-order valence-corrected chi connectivity index (χ3v) is 6.07. The molecule has 5 heteroatoms. The molecule has 4 atom stereocenters. The summed E-state index contributed by atoms with van der Waals surface area (Å²) in [6, 6.07) is 7.78. The Balaban J connectivity index is 1.47. The first kappa shape index (κ1) is 21.1. The summed E-state index contributed by atoms with van der Waals surface area (Å²) < 4.78 is 17.5. The van der Waals surface area contributed by atoms with Gasteiger partial charge in [0.15, 0.2) is 6.61 Å². The van der Waals surface area contributed by atoms with E-state index in [9.17, 15) is 4.79 Å². The standard InChI is InChI=1S/C23H34O5/c1-2-3-4-5-13-26-15-20-19(21-11-12-22(20)28-21)10-9-17-7-6-8-18(14-17)27-16-23(24)25/h6-8,14,19-22H,2-5,9-13,15-16H2,1H3,(H,24,25)/t19-,20+,21-,22+/m0/s1. The largest absolute Gasteiger partial charge is 0.482 e. The number of unbranched alkanes of at least 4 members (excludes halogenated alkanes) is 3. The molecule has 28 heavy (non-hydrogen) atoms. The third-order valence-electron chi connectivity index (χ3n) is 6.07. The molecule has 0 aromatic heterocycles. The molecule has 1 aromatic rings. The van der Waals surface area contributed by atoms with Crippen molar-refractivity contribution in [2.45, 2.75) is 70.5 Å². The molecule has 0 saturated carbocycles. The fourth-order valence-electron chi connectivity index (χ4n) is 4.62. The highest BCUT2D eigenvalue weighted by Crippen LogP contribution is 2.45. The summed E-state index contributed by atoms with van der Waals surface area (Å²) in [6.45, 7) is 3.61. The minimum atomic E-state index is -0.956. The second kappa shape index (κ2) is 10.8. The lowest BCUT2D eigenvalue weighted by molar-refractivity contribution is -0.139. The van der Waals surface area contributed by atoms with Crippen molar-refractivity contribution in [3.8, 4) is 5.75 Å². The lowest BCUT2D eigenvalue weighted by Gasteiger charge is -2.28. The minimum Gasteiger partial charge on any atom is -0.482 e. The molecule has 2 aliphatic heterocycles. The van der Waals surface area contributed by atoms with Gasteiger partial charge in [0.05, 0.1) is 18.8 Å². The number of aryl methyl sites for hydroxylation is 1. The van der Waals surface area contributed by atoms with Crippen LogP contribution in [0.25, 0.3) is 0 Å². The summed E-state index contributed by atoms with van der Waals surface area (Å²) in [5, 5.41) is 8.76. The summed E-state index contributed by atoms with van der Waals surface area (Å²) in [5.74, 6) is 0.729. The summed E-state index contributed by atoms with van der Waals surface area (Å²) in [6.07, 6.45) is 10.1. The second-order valence-electron chi connectivity index (χ2n) is 8.12. The monoisotopic (exact) mass is 390 g/mol. The predicted octanol–water partition coefficient (Wildman–Crippen LogP) is 4.47. The Bertz CT molecular complexity index is 617. The zero-order valence-electron chi connectivity index (χ0n) is 17.0. The minimum absolute atomic E-state index is 0.304. The summed E-state index contributed by atoms with van der Waals surface area (Å²) >= 11 is 0. The van der Waals surface area contributed by atoms with E-state index < -0.39 is 5.97 Å². The van der Waals surface area contributed by atoms with Crippen LogP contribution < -0.4 is 4.74 Å². The molecule has 0 unspecified atom stereocenters. The lowest BCUT2D eigenvalue weighted by Crippen LogP contribution is -2.31. The van der Waals surface area contributed by atoms with Gasteiger partial charge in [0.1, 0.15) is 5.75 Å². The average molecular weight is 391 g/mol. The number of carboxylic acids is 1. The van der Waals surface area contributed by atoms with E-state index in [1.807, 2.05) is 18.2 Å². The molecule has 2 heterocycles. The van der Waals surface area contributed by atoms with Crippen molar-refractivity contribution in [3.63, 3.8) is 0 Å². The van der Waals surface area contributed by atoms with E-state index in [4.69, 9.17) is 19.3 Å². The van der Waals surface area contributed by atoms with Crippen molar-refractivity contribution in [3.05, 3.63) is 29.8 Å². The number of hydrogen-bond acceptors (Lipinski definition) is 4. The molecule has 2 fully saturated rings. The van der Waals surface area contributed by atoms with E-state index in [2.05, 4.69) is 13.0 Å². The van der Waals surface area contributed by atoms with E-state index in [0.29, 0.717) is 29.8 Å². The summed E-state index contributed by atoms with van der Waals surface area (Å²) in [5.41, 5.74) is 1.19. The topological polar surface area (TPSA) is 65.0 Å². The number of carboxylic acid groups (broad SMARTS) is 1. The Labute approximate surface area is 168 Å². The number of fused-ring (bicyclic) bond motifs is 2. The van der Waals surface area contributed by atoms with Crippen LogP contribution in [0.4, 0.5) is 0 Å². The Morgan fingerprint density at radius 3 is 2.79 bits per heavy atom. The number of hydrogen-bond donors (Lipinski definition) is 1. The third kappa shape index (κ3) is 5.95. The Morgan fingerprint density at radius 2 is 2.00 bits per heavy atom. The molecule has 2 aliphatic rings. The summed E-state index contributed by atoms with van der Waals surface area (Å²) in [4.78, 5) is 10.7. The number of rotatable bonds is 13. The highest BCUT2D eigenvalue weighted by atomic mass is 16.5. The van der Waals surface area contributed by atoms with Crippen LogP contribution in [0.2, 0.25) is 0 Å². The number of benzene rings is 1. The van der Waals surface area contributed by atoms with Gasteiger partial charge in [-0.05, 0) is 55.7 Å². The van der Waals surface area contributed by atoms with Gasteiger partial charge < -0.3 is 19.3 Å². The molecule has 2 saturated heterocycles. The van der Waals surface area contributed by atoms with E-state index >= 15 is 0 Å².